The van der Waals surface area contributed by atoms with Gasteiger partial charge in [-0.15, -0.1) is 0 Å². The molecule has 0 heterocycles. The molecule has 0 bridgehead atoms. The summed E-state index contributed by atoms with van der Waals surface area (Å²) in [5, 5.41) is 14.7. The van der Waals surface area contributed by atoms with Gasteiger partial charge in [-0.3, -0.25) is 4.79 Å². The van der Waals surface area contributed by atoms with Gasteiger partial charge < -0.3 is 15.7 Å². The highest BCUT2D eigenvalue weighted by atomic mass is 79.9. The van der Waals surface area contributed by atoms with Crippen molar-refractivity contribution in [3.8, 4) is 0 Å². The number of carbonyl (C=O) groups is 2. The van der Waals surface area contributed by atoms with Crippen molar-refractivity contribution < 1.29 is 14.7 Å². The second-order valence-corrected chi connectivity index (χ2v) is 5.48. The fraction of sp³-hybridized carbons (Fsp3) is 0.385. The van der Waals surface area contributed by atoms with Gasteiger partial charge in [0.15, 0.2) is 0 Å². The molecule has 0 spiro atoms. The van der Waals surface area contributed by atoms with E-state index in [1.165, 1.54) is 25.0 Å². The van der Waals surface area contributed by atoms with E-state index in [0.717, 1.165) is 12.5 Å². The summed E-state index contributed by atoms with van der Waals surface area (Å²) < 4.78 is 0.660. The Kier molecular flexibility index (Phi) is 4.55. The summed E-state index contributed by atoms with van der Waals surface area (Å²) in [5.41, 5.74) is 0.613. The van der Waals surface area contributed by atoms with Gasteiger partial charge in [-0.1, -0.05) is 0 Å². The third kappa shape index (κ3) is 4.33. The van der Waals surface area contributed by atoms with Crippen molar-refractivity contribution in [1.29, 1.82) is 0 Å². The molecule has 2 rings (SSSR count). The second-order valence-electron chi connectivity index (χ2n) is 4.62. The first-order valence-corrected chi connectivity index (χ1v) is 6.89. The molecule has 0 atom stereocenters. The molecule has 1 fully saturated rings. The van der Waals surface area contributed by atoms with E-state index in [4.69, 9.17) is 5.11 Å². The summed E-state index contributed by atoms with van der Waals surface area (Å²) in [7, 11) is 0. The molecule has 0 aliphatic heterocycles. The van der Waals surface area contributed by atoms with Crippen LogP contribution in [-0.2, 0) is 4.79 Å². The van der Waals surface area contributed by atoms with Crippen LogP contribution in [0.3, 0.4) is 0 Å². The quantitative estimate of drug-likeness (QED) is 0.748. The van der Waals surface area contributed by atoms with E-state index in [-0.39, 0.29) is 18.0 Å². The van der Waals surface area contributed by atoms with Crippen molar-refractivity contribution in [3.05, 3.63) is 28.2 Å². The van der Waals surface area contributed by atoms with Gasteiger partial charge in [0.05, 0.1) is 17.8 Å². The second kappa shape index (κ2) is 6.16. The number of carboxylic acids is 1. The smallest absolute Gasteiger partial charge is 0.335 e. The Morgan fingerprint density at radius 2 is 2.11 bits per heavy atom. The molecule has 0 radical (unpaired) electrons. The number of benzene rings is 1. The topological polar surface area (TPSA) is 78.4 Å². The number of hydrogen-bond acceptors (Lipinski definition) is 3. The highest BCUT2D eigenvalue weighted by molar-refractivity contribution is 9.10. The van der Waals surface area contributed by atoms with Gasteiger partial charge in [0, 0.05) is 4.47 Å². The largest absolute Gasteiger partial charge is 0.478 e. The lowest BCUT2D eigenvalue weighted by atomic mass is 10.2. The van der Waals surface area contributed by atoms with Crippen molar-refractivity contribution in [2.24, 2.45) is 5.92 Å². The lowest BCUT2D eigenvalue weighted by Crippen LogP contribution is -2.29. The van der Waals surface area contributed by atoms with Gasteiger partial charge in [-0.25, -0.2) is 4.79 Å². The lowest BCUT2D eigenvalue weighted by Gasteiger charge is -2.09. The van der Waals surface area contributed by atoms with E-state index in [2.05, 4.69) is 26.6 Å². The zero-order chi connectivity index (χ0) is 13.8. The minimum absolute atomic E-state index is 0.143. The van der Waals surface area contributed by atoms with Crippen LogP contribution in [0.4, 0.5) is 5.69 Å². The van der Waals surface area contributed by atoms with E-state index in [0.29, 0.717) is 10.2 Å². The van der Waals surface area contributed by atoms with Gasteiger partial charge >= 0.3 is 5.97 Å². The Hall–Kier alpha value is -1.40. The summed E-state index contributed by atoms with van der Waals surface area (Å²) in [6.45, 7) is 1.10. The molecule has 6 heteroatoms. The van der Waals surface area contributed by atoms with Crippen LogP contribution in [0.15, 0.2) is 22.7 Å². The number of halogens is 1. The average Bonchev–Trinajstić information content (AvgIpc) is 3.15. The van der Waals surface area contributed by atoms with Crippen LogP contribution in [0.1, 0.15) is 23.2 Å². The number of hydrogen-bond donors (Lipinski definition) is 3. The Bertz CT molecular complexity index is 501. The molecule has 3 N–H and O–H groups in total. The third-order valence-electron chi connectivity index (χ3n) is 2.90. The van der Waals surface area contributed by atoms with Crippen LogP contribution >= 0.6 is 15.9 Å². The van der Waals surface area contributed by atoms with E-state index in [9.17, 15) is 9.59 Å². The maximum atomic E-state index is 11.7. The van der Waals surface area contributed by atoms with Crippen LogP contribution in [0.5, 0.6) is 0 Å². The van der Waals surface area contributed by atoms with Crippen molar-refractivity contribution in [1.82, 2.24) is 5.32 Å². The van der Waals surface area contributed by atoms with Crippen molar-refractivity contribution in [2.75, 3.05) is 18.4 Å². The summed E-state index contributed by atoms with van der Waals surface area (Å²) in [6, 6.07) is 4.52. The number of nitrogens with one attached hydrogen (secondary N) is 2. The Balaban J connectivity index is 1.90. The first kappa shape index (κ1) is 14.0. The number of anilines is 1. The normalized spacial score (nSPS) is 14.2. The molecule has 5 nitrogen and oxygen atoms in total. The Labute approximate surface area is 119 Å². The molecule has 102 valence electrons. The fourth-order valence-electron chi connectivity index (χ4n) is 1.66. The van der Waals surface area contributed by atoms with Gasteiger partial charge in [0.25, 0.3) is 0 Å². The lowest BCUT2D eigenvalue weighted by molar-refractivity contribution is -0.115. The van der Waals surface area contributed by atoms with Crippen LogP contribution in [0.2, 0.25) is 0 Å². The molecule has 1 amide bonds. The predicted molar refractivity (Wildman–Crippen MR) is 75.3 cm³/mol. The Morgan fingerprint density at radius 1 is 1.37 bits per heavy atom. The maximum Gasteiger partial charge on any atom is 0.335 e. The number of aromatic carboxylic acids is 1. The fourth-order valence-corrected chi connectivity index (χ4v) is 2.01. The Morgan fingerprint density at radius 3 is 2.74 bits per heavy atom. The zero-order valence-electron chi connectivity index (χ0n) is 10.3. The van der Waals surface area contributed by atoms with Gasteiger partial charge in [0.2, 0.25) is 5.91 Å². The minimum Gasteiger partial charge on any atom is -0.478 e. The third-order valence-corrected chi connectivity index (χ3v) is 3.59. The molecule has 1 saturated carbocycles. The minimum atomic E-state index is -1.02. The van der Waals surface area contributed by atoms with Crippen molar-refractivity contribution in [2.45, 2.75) is 12.8 Å². The highest BCUT2D eigenvalue weighted by Gasteiger charge is 2.20. The molecule has 1 aliphatic rings. The van der Waals surface area contributed by atoms with E-state index < -0.39 is 5.97 Å². The SMILES string of the molecule is O=C(CNCC1CC1)Nc1cc(C(=O)O)ccc1Br. The predicted octanol–water partition coefficient (Wildman–Crippen LogP) is 2.09. The van der Waals surface area contributed by atoms with Gasteiger partial charge in [-0.2, -0.15) is 0 Å². The standard InChI is InChI=1S/C13H15BrN2O3/c14-10-4-3-9(13(18)19)5-11(10)16-12(17)7-15-6-8-1-2-8/h3-5,8,15H,1-2,6-7H2,(H,16,17)(H,18,19). The van der Waals surface area contributed by atoms with Gasteiger partial charge in [-0.05, 0) is 59.4 Å². The number of amides is 1. The first-order chi connectivity index (χ1) is 9.06. The van der Waals surface area contributed by atoms with Crippen molar-refractivity contribution in [3.63, 3.8) is 0 Å². The molecular weight excluding hydrogens is 312 g/mol. The molecule has 0 unspecified atom stereocenters. The van der Waals surface area contributed by atoms with Crippen LogP contribution < -0.4 is 10.6 Å². The van der Waals surface area contributed by atoms with E-state index in [1.807, 2.05) is 0 Å². The maximum absolute atomic E-state index is 11.7. The van der Waals surface area contributed by atoms with Crippen LogP contribution in [0, 0.1) is 5.92 Å². The van der Waals surface area contributed by atoms with Crippen LogP contribution in [-0.4, -0.2) is 30.1 Å². The summed E-state index contributed by atoms with van der Waals surface area (Å²) >= 11 is 3.28. The molecule has 1 aromatic carbocycles. The average molecular weight is 327 g/mol. The van der Waals surface area contributed by atoms with Gasteiger partial charge in [0.1, 0.15) is 0 Å². The first-order valence-electron chi connectivity index (χ1n) is 6.09. The molecule has 19 heavy (non-hydrogen) atoms. The molecule has 1 aliphatic carbocycles. The molecular formula is C13H15BrN2O3. The summed E-state index contributed by atoms with van der Waals surface area (Å²) in [6.07, 6.45) is 2.47. The molecule has 1 aromatic rings. The molecule has 0 aromatic heterocycles. The summed E-state index contributed by atoms with van der Waals surface area (Å²) in [5.74, 6) is -0.478. The summed E-state index contributed by atoms with van der Waals surface area (Å²) in [4.78, 5) is 22.6. The van der Waals surface area contributed by atoms with Crippen molar-refractivity contribution >= 4 is 33.5 Å². The van der Waals surface area contributed by atoms with E-state index in [1.54, 1.807) is 6.07 Å². The number of carboxylic acid groups (broad SMARTS) is 1. The highest BCUT2D eigenvalue weighted by Crippen LogP contribution is 2.27. The monoisotopic (exact) mass is 326 g/mol. The molecule has 0 saturated heterocycles. The number of rotatable bonds is 6. The van der Waals surface area contributed by atoms with Crippen LogP contribution in [0.25, 0.3) is 0 Å². The zero-order valence-corrected chi connectivity index (χ0v) is 11.9. The van der Waals surface area contributed by atoms with E-state index >= 15 is 0 Å². The number of carbonyl (C=O) groups excluding carboxylic acids is 1.